The molecule has 0 amide bonds. The lowest BCUT2D eigenvalue weighted by Gasteiger charge is -2.31. The zero-order valence-electron chi connectivity index (χ0n) is 11.1. The maximum Gasteiger partial charge on any atom is 0.391 e. The molecule has 1 N–H and O–H groups in total. The highest BCUT2D eigenvalue weighted by Gasteiger charge is 2.41. The van der Waals surface area contributed by atoms with Crippen LogP contribution in [0.4, 0.5) is 18.9 Å². The van der Waals surface area contributed by atoms with Gasteiger partial charge in [0.05, 0.1) is 5.92 Å². The summed E-state index contributed by atoms with van der Waals surface area (Å²) in [6, 6.07) is 8.28. The number of hydrogen-bond donors (Lipinski definition) is 1. The van der Waals surface area contributed by atoms with E-state index < -0.39 is 12.1 Å². The third-order valence-electron chi connectivity index (χ3n) is 3.90. The van der Waals surface area contributed by atoms with Crippen LogP contribution in [0.15, 0.2) is 24.3 Å². The normalized spacial score (nSPS) is 24.2. The predicted molar refractivity (Wildman–Crippen MR) is 71.2 cm³/mol. The molecule has 19 heavy (non-hydrogen) atoms. The van der Waals surface area contributed by atoms with E-state index in [4.69, 9.17) is 0 Å². The largest absolute Gasteiger partial charge is 0.391 e. The Hall–Kier alpha value is -1.19. The molecule has 1 aromatic carbocycles. The number of rotatable bonds is 3. The number of alkyl halides is 3. The molecule has 1 aliphatic carbocycles. The van der Waals surface area contributed by atoms with Crippen LogP contribution >= 0.6 is 0 Å². The molecule has 0 aliphatic heterocycles. The van der Waals surface area contributed by atoms with Crippen LogP contribution in [0.5, 0.6) is 0 Å². The van der Waals surface area contributed by atoms with Gasteiger partial charge >= 0.3 is 6.18 Å². The van der Waals surface area contributed by atoms with Gasteiger partial charge in [-0.2, -0.15) is 13.2 Å². The second-order valence-electron chi connectivity index (χ2n) is 5.29. The molecule has 0 radical (unpaired) electrons. The molecule has 1 fully saturated rings. The average Bonchev–Trinajstić information content (AvgIpc) is 2.38. The van der Waals surface area contributed by atoms with Crippen molar-refractivity contribution in [3.63, 3.8) is 0 Å². The summed E-state index contributed by atoms with van der Waals surface area (Å²) in [5.74, 6) is -1.10. The molecule has 0 unspecified atom stereocenters. The molecular weight excluding hydrogens is 251 g/mol. The minimum Gasteiger partial charge on any atom is -0.382 e. The third kappa shape index (κ3) is 3.88. The van der Waals surface area contributed by atoms with Gasteiger partial charge < -0.3 is 5.32 Å². The summed E-state index contributed by atoms with van der Waals surface area (Å²) in [7, 11) is 0. The molecule has 0 atom stereocenters. The van der Waals surface area contributed by atoms with Crippen LogP contribution in [0, 0.1) is 5.92 Å². The van der Waals surface area contributed by atoms with Crippen molar-refractivity contribution in [1.29, 1.82) is 0 Å². The van der Waals surface area contributed by atoms with E-state index >= 15 is 0 Å². The van der Waals surface area contributed by atoms with E-state index in [0.29, 0.717) is 12.8 Å². The number of benzene rings is 1. The summed E-state index contributed by atoms with van der Waals surface area (Å²) in [4.78, 5) is 0. The van der Waals surface area contributed by atoms with Crippen molar-refractivity contribution in [1.82, 2.24) is 0 Å². The lowest BCUT2D eigenvalue weighted by atomic mass is 9.85. The SMILES string of the molecule is CCc1cccc(NC2CCC(C(F)(F)F)CC2)c1. The van der Waals surface area contributed by atoms with E-state index in [1.54, 1.807) is 0 Å². The van der Waals surface area contributed by atoms with Crippen molar-refractivity contribution in [2.45, 2.75) is 51.2 Å². The van der Waals surface area contributed by atoms with Crippen LogP contribution in [-0.4, -0.2) is 12.2 Å². The van der Waals surface area contributed by atoms with Crippen molar-refractivity contribution < 1.29 is 13.2 Å². The second kappa shape index (κ2) is 5.85. The molecule has 4 heteroatoms. The summed E-state index contributed by atoms with van der Waals surface area (Å²) >= 11 is 0. The second-order valence-corrected chi connectivity index (χ2v) is 5.29. The molecule has 1 saturated carbocycles. The predicted octanol–water partition coefficient (Wildman–Crippen LogP) is 4.78. The zero-order chi connectivity index (χ0) is 13.9. The van der Waals surface area contributed by atoms with Crippen molar-refractivity contribution >= 4 is 5.69 Å². The minimum absolute atomic E-state index is 0.172. The number of nitrogens with one attached hydrogen (secondary N) is 1. The van der Waals surface area contributed by atoms with E-state index in [9.17, 15) is 13.2 Å². The fourth-order valence-corrected chi connectivity index (χ4v) is 2.68. The first-order chi connectivity index (χ1) is 8.99. The lowest BCUT2D eigenvalue weighted by molar-refractivity contribution is -0.182. The highest BCUT2D eigenvalue weighted by atomic mass is 19.4. The topological polar surface area (TPSA) is 12.0 Å². The quantitative estimate of drug-likeness (QED) is 0.834. The standard InChI is InChI=1S/C15H20F3N/c1-2-11-4-3-5-14(10-11)19-13-8-6-12(7-9-13)15(16,17)18/h3-5,10,12-13,19H,2,6-9H2,1H3. The molecule has 106 valence electrons. The third-order valence-corrected chi connectivity index (χ3v) is 3.90. The fourth-order valence-electron chi connectivity index (χ4n) is 2.68. The van der Waals surface area contributed by atoms with Gasteiger partial charge in [0, 0.05) is 11.7 Å². The smallest absolute Gasteiger partial charge is 0.382 e. The van der Waals surface area contributed by atoms with Crippen molar-refractivity contribution in [3.05, 3.63) is 29.8 Å². The van der Waals surface area contributed by atoms with Gasteiger partial charge in [0.2, 0.25) is 0 Å². The Morgan fingerprint density at radius 3 is 2.42 bits per heavy atom. The first-order valence-corrected chi connectivity index (χ1v) is 6.91. The first kappa shape index (κ1) is 14.2. The summed E-state index contributed by atoms with van der Waals surface area (Å²) in [6.45, 7) is 2.09. The van der Waals surface area contributed by atoms with Gasteiger partial charge in [-0.3, -0.25) is 0 Å². The van der Waals surface area contributed by atoms with Crippen LogP contribution in [0.25, 0.3) is 0 Å². The van der Waals surface area contributed by atoms with Gasteiger partial charge in [-0.05, 0) is 49.8 Å². The molecule has 0 aromatic heterocycles. The van der Waals surface area contributed by atoms with Gasteiger partial charge in [0.1, 0.15) is 0 Å². The number of aryl methyl sites for hydroxylation is 1. The summed E-state index contributed by atoms with van der Waals surface area (Å²) in [6.07, 6.45) is -1.37. The van der Waals surface area contributed by atoms with Crippen LogP contribution in [0.3, 0.4) is 0 Å². The number of halogens is 3. The Kier molecular flexibility index (Phi) is 4.38. The Bertz CT molecular complexity index is 406. The maximum absolute atomic E-state index is 12.6. The maximum atomic E-state index is 12.6. The zero-order valence-corrected chi connectivity index (χ0v) is 11.1. The van der Waals surface area contributed by atoms with Crippen molar-refractivity contribution in [3.8, 4) is 0 Å². The van der Waals surface area contributed by atoms with Crippen LogP contribution < -0.4 is 5.32 Å². The molecule has 0 heterocycles. The van der Waals surface area contributed by atoms with Crippen LogP contribution in [0.2, 0.25) is 0 Å². The van der Waals surface area contributed by atoms with Crippen LogP contribution in [-0.2, 0) is 6.42 Å². The van der Waals surface area contributed by atoms with E-state index in [1.807, 2.05) is 12.1 Å². The molecule has 2 rings (SSSR count). The molecule has 1 aromatic rings. The van der Waals surface area contributed by atoms with E-state index in [2.05, 4.69) is 24.4 Å². The van der Waals surface area contributed by atoms with Gasteiger partial charge in [-0.25, -0.2) is 0 Å². The van der Waals surface area contributed by atoms with Crippen LogP contribution in [0.1, 0.15) is 38.2 Å². The Labute approximate surface area is 112 Å². The molecular formula is C15H20F3N. The fraction of sp³-hybridized carbons (Fsp3) is 0.600. The summed E-state index contributed by atoms with van der Waals surface area (Å²) < 4.78 is 37.7. The van der Waals surface area contributed by atoms with Gasteiger partial charge in [-0.1, -0.05) is 19.1 Å². The highest BCUT2D eigenvalue weighted by molar-refractivity contribution is 5.46. The van der Waals surface area contributed by atoms with Crippen molar-refractivity contribution in [2.75, 3.05) is 5.32 Å². The lowest BCUT2D eigenvalue weighted by Crippen LogP contribution is -2.32. The summed E-state index contributed by atoms with van der Waals surface area (Å²) in [5, 5.41) is 3.36. The molecule has 0 bridgehead atoms. The first-order valence-electron chi connectivity index (χ1n) is 6.91. The molecule has 1 aliphatic rings. The Balaban J connectivity index is 1.88. The molecule has 1 nitrogen and oxygen atoms in total. The molecule has 0 spiro atoms. The average molecular weight is 271 g/mol. The minimum atomic E-state index is -4.02. The van der Waals surface area contributed by atoms with Crippen molar-refractivity contribution in [2.24, 2.45) is 5.92 Å². The Morgan fingerprint density at radius 1 is 1.16 bits per heavy atom. The van der Waals surface area contributed by atoms with E-state index in [1.165, 1.54) is 5.56 Å². The van der Waals surface area contributed by atoms with E-state index in [-0.39, 0.29) is 18.9 Å². The molecule has 0 saturated heterocycles. The van der Waals surface area contributed by atoms with Gasteiger partial charge in [-0.15, -0.1) is 0 Å². The summed E-state index contributed by atoms with van der Waals surface area (Å²) in [5.41, 5.74) is 2.27. The van der Waals surface area contributed by atoms with Gasteiger partial charge in [0.25, 0.3) is 0 Å². The van der Waals surface area contributed by atoms with Gasteiger partial charge in [0.15, 0.2) is 0 Å². The van der Waals surface area contributed by atoms with E-state index in [0.717, 1.165) is 12.1 Å². The monoisotopic (exact) mass is 271 g/mol. The number of anilines is 1. The highest BCUT2D eigenvalue weighted by Crippen LogP contribution is 2.38. The number of hydrogen-bond acceptors (Lipinski definition) is 1. The Morgan fingerprint density at radius 2 is 1.84 bits per heavy atom.